The van der Waals surface area contributed by atoms with E-state index in [1.165, 1.54) is 12.8 Å². The van der Waals surface area contributed by atoms with Crippen molar-refractivity contribution in [1.82, 2.24) is 15.1 Å². The lowest BCUT2D eigenvalue weighted by atomic mass is 9.87. The van der Waals surface area contributed by atoms with E-state index in [1.54, 1.807) is 0 Å². The molecule has 2 unspecified atom stereocenters. The summed E-state index contributed by atoms with van der Waals surface area (Å²) in [6, 6.07) is 8.24. The van der Waals surface area contributed by atoms with Gasteiger partial charge in [-0.25, -0.2) is 4.68 Å². The summed E-state index contributed by atoms with van der Waals surface area (Å²) >= 11 is 3.45. The monoisotopic (exact) mass is 389 g/mol. The number of nitrogens with zero attached hydrogens (tertiary/aromatic N) is 2. The van der Waals surface area contributed by atoms with E-state index in [2.05, 4.69) is 33.3 Å². The van der Waals surface area contributed by atoms with Crippen molar-refractivity contribution in [1.29, 1.82) is 0 Å². The standard InChI is InChI=1S/C19H24BrN3O/c1-12-5-4-6-16(11-12)21-19(24)18-13(2)22-23(14(18)3)17-9-7-15(20)8-10-17/h7-10,12,16H,4-6,11H2,1-3H3,(H,21,24). The number of carbonyl (C=O) groups excluding carboxylic acids is 1. The number of hydrogen-bond donors (Lipinski definition) is 1. The molecule has 5 heteroatoms. The molecular weight excluding hydrogens is 366 g/mol. The molecule has 1 aromatic heterocycles. The van der Waals surface area contributed by atoms with Gasteiger partial charge in [0.15, 0.2) is 0 Å². The van der Waals surface area contributed by atoms with Crippen molar-refractivity contribution in [3.05, 3.63) is 45.7 Å². The van der Waals surface area contributed by atoms with Gasteiger partial charge in [-0.05, 0) is 56.9 Å². The third kappa shape index (κ3) is 3.56. The molecule has 3 rings (SSSR count). The minimum atomic E-state index is 0.00691. The number of aromatic nitrogens is 2. The van der Waals surface area contributed by atoms with Crippen molar-refractivity contribution >= 4 is 21.8 Å². The summed E-state index contributed by atoms with van der Waals surface area (Å²) in [6.07, 6.45) is 4.62. The molecule has 0 aliphatic heterocycles. The molecule has 1 N–H and O–H groups in total. The zero-order chi connectivity index (χ0) is 17.3. The van der Waals surface area contributed by atoms with Crippen molar-refractivity contribution in [2.24, 2.45) is 5.92 Å². The number of hydrogen-bond acceptors (Lipinski definition) is 2. The minimum Gasteiger partial charge on any atom is -0.349 e. The lowest BCUT2D eigenvalue weighted by molar-refractivity contribution is 0.0920. The second-order valence-corrected chi connectivity index (χ2v) is 7.79. The maximum Gasteiger partial charge on any atom is 0.255 e. The maximum absolute atomic E-state index is 12.8. The van der Waals surface area contributed by atoms with Crippen LogP contribution in [0.25, 0.3) is 5.69 Å². The fourth-order valence-electron chi connectivity index (χ4n) is 3.63. The Hall–Kier alpha value is -1.62. The SMILES string of the molecule is Cc1nn(-c2ccc(Br)cc2)c(C)c1C(=O)NC1CCCC(C)C1. The lowest BCUT2D eigenvalue weighted by Gasteiger charge is -2.27. The van der Waals surface area contributed by atoms with E-state index in [0.717, 1.165) is 34.4 Å². The molecule has 128 valence electrons. The van der Waals surface area contributed by atoms with Crippen LogP contribution in [0.2, 0.25) is 0 Å². The zero-order valence-corrected chi connectivity index (χ0v) is 16.1. The Kier molecular flexibility index (Phi) is 5.09. The van der Waals surface area contributed by atoms with Gasteiger partial charge in [-0.3, -0.25) is 4.79 Å². The van der Waals surface area contributed by atoms with Crippen LogP contribution in [-0.2, 0) is 0 Å². The van der Waals surface area contributed by atoms with Gasteiger partial charge in [0, 0.05) is 10.5 Å². The van der Waals surface area contributed by atoms with E-state index in [-0.39, 0.29) is 11.9 Å². The molecule has 2 atom stereocenters. The highest BCUT2D eigenvalue weighted by molar-refractivity contribution is 9.10. The van der Waals surface area contributed by atoms with E-state index in [1.807, 2.05) is 42.8 Å². The summed E-state index contributed by atoms with van der Waals surface area (Å²) in [7, 11) is 0. The highest BCUT2D eigenvalue weighted by Gasteiger charge is 2.24. The first-order valence-corrected chi connectivity index (χ1v) is 9.38. The fourth-order valence-corrected chi connectivity index (χ4v) is 3.89. The van der Waals surface area contributed by atoms with Gasteiger partial charge in [0.1, 0.15) is 0 Å². The number of carbonyl (C=O) groups is 1. The normalized spacial score (nSPS) is 20.8. The second kappa shape index (κ2) is 7.09. The predicted molar refractivity (Wildman–Crippen MR) is 99.6 cm³/mol. The molecule has 2 aromatic rings. The fraction of sp³-hybridized carbons (Fsp3) is 0.474. The van der Waals surface area contributed by atoms with Crippen LogP contribution in [0.3, 0.4) is 0 Å². The largest absolute Gasteiger partial charge is 0.349 e. The van der Waals surface area contributed by atoms with Crippen LogP contribution in [0.15, 0.2) is 28.7 Å². The van der Waals surface area contributed by atoms with Crippen LogP contribution in [0.5, 0.6) is 0 Å². The Morgan fingerprint density at radius 3 is 2.62 bits per heavy atom. The molecule has 1 saturated carbocycles. The Balaban J connectivity index is 1.83. The molecule has 1 aromatic carbocycles. The Morgan fingerprint density at radius 1 is 1.25 bits per heavy atom. The molecule has 1 fully saturated rings. The summed E-state index contributed by atoms with van der Waals surface area (Å²) in [5.41, 5.74) is 3.33. The average Bonchev–Trinajstić information content (AvgIpc) is 2.83. The van der Waals surface area contributed by atoms with Crippen LogP contribution in [0.1, 0.15) is 54.4 Å². The van der Waals surface area contributed by atoms with Crippen LogP contribution in [-0.4, -0.2) is 21.7 Å². The highest BCUT2D eigenvalue weighted by atomic mass is 79.9. The average molecular weight is 390 g/mol. The molecule has 0 radical (unpaired) electrons. The van der Waals surface area contributed by atoms with Crippen molar-refractivity contribution in [2.75, 3.05) is 0 Å². The molecule has 1 aliphatic rings. The summed E-state index contributed by atoms with van der Waals surface area (Å²) < 4.78 is 2.87. The summed E-state index contributed by atoms with van der Waals surface area (Å²) in [5.74, 6) is 0.698. The number of benzene rings is 1. The van der Waals surface area contributed by atoms with E-state index < -0.39 is 0 Å². The predicted octanol–water partition coefficient (Wildman–Crippen LogP) is 4.56. The number of rotatable bonds is 3. The maximum atomic E-state index is 12.8. The van der Waals surface area contributed by atoms with Gasteiger partial charge >= 0.3 is 0 Å². The van der Waals surface area contributed by atoms with E-state index in [9.17, 15) is 4.79 Å². The van der Waals surface area contributed by atoms with Crippen molar-refractivity contribution in [2.45, 2.75) is 52.5 Å². The van der Waals surface area contributed by atoms with Crippen LogP contribution < -0.4 is 5.32 Å². The highest BCUT2D eigenvalue weighted by Crippen LogP contribution is 2.25. The molecular formula is C19H24BrN3O. The third-order valence-corrected chi connectivity index (χ3v) is 5.39. The molecule has 1 aliphatic carbocycles. The summed E-state index contributed by atoms with van der Waals surface area (Å²) in [6.45, 7) is 6.13. The molecule has 0 bridgehead atoms. The van der Waals surface area contributed by atoms with Crippen LogP contribution in [0, 0.1) is 19.8 Å². The quantitative estimate of drug-likeness (QED) is 0.835. The van der Waals surface area contributed by atoms with Gasteiger partial charge < -0.3 is 5.32 Å². The van der Waals surface area contributed by atoms with E-state index in [4.69, 9.17) is 0 Å². The van der Waals surface area contributed by atoms with Crippen LogP contribution in [0.4, 0.5) is 0 Å². The zero-order valence-electron chi connectivity index (χ0n) is 14.5. The van der Waals surface area contributed by atoms with E-state index in [0.29, 0.717) is 11.5 Å². The van der Waals surface area contributed by atoms with Crippen molar-refractivity contribution in [3.8, 4) is 5.69 Å². The van der Waals surface area contributed by atoms with Crippen molar-refractivity contribution in [3.63, 3.8) is 0 Å². The number of aryl methyl sites for hydroxylation is 1. The first-order chi connectivity index (χ1) is 11.5. The van der Waals surface area contributed by atoms with Gasteiger partial charge in [-0.15, -0.1) is 0 Å². The van der Waals surface area contributed by atoms with E-state index >= 15 is 0 Å². The molecule has 24 heavy (non-hydrogen) atoms. The van der Waals surface area contributed by atoms with Crippen LogP contribution >= 0.6 is 15.9 Å². The topological polar surface area (TPSA) is 46.9 Å². The first kappa shape index (κ1) is 17.2. The summed E-state index contributed by atoms with van der Waals surface area (Å²) in [5, 5.41) is 7.80. The minimum absolute atomic E-state index is 0.00691. The molecule has 0 spiro atoms. The Labute approximate surface area is 151 Å². The van der Waals surface area contributed by atoms with Gasteiger partial charge in [-0.2, -0.15) is 5.10 Å². The first-order valence-electron chi connectivity index (χ1n) is 8.58. The van der Waals surface area contributed by atoms with Gasteiger partial charge in [0.05, 0.1) is 22.6 Å². The van der Waals surface area contributed by atoms with Gasteiger partial charge in [-0.1, -0.05) is 35.7 Å². The van der Waals surface area contributed by atoms with Gasteiger partial charge in [0.25, 0.3) is 5.91 Å². The number of amides is 1. The number of nitrogens with one attached hydrogen (secondary N) is 1. The molecule has 4 nitrogen and oxygen atoms in total. The second-order valence-electron chi connectivity index (χ2n) is 6.88. The van der Waals surface area contributed by atoms with Crippen molar-refractivity contribution < 1.29 is 4.79 Å². The smallest absolute Gasteiger partial charge is 0.255 e. The lowest BCUT2D eigenvalue weighted by Crippen LogP contribution is -2.38. The summed E-state index contributed by atoms with van der Waals surface area (Å²) in [4.78, 5) is 12.8. The molecule has 1 heterocycles. The molecule has 1 amide bonds. The van der Waals surface area contributed by atoms with Gasteiger partial charge in [0.2, 0.25) is 0 Å². The Morgan fingerprint density at radius 2 is 1.96 bits per heavy atom. The Bertz CT molecular complexity index is 736. The third-order valence-electron chi connectivity index (χ3n) is 4.86. The molecule has 0 saturated heterocycles. The number of halogens is 1.